The highest BCUT2D eigenvalue weighted by Gasteiger charge is 2.39. The van der Waals surface area contributed by atoms with E-state index in [9.17, 15) is 0 Å². The Hall–Kier alpha value is 0.0169. The van der Waals surface area contributed by atoms with Crippen LogP contribution in [0.25, 0.3) is 0 Å². The monoisotopic (exact) mass is 194 g/mol. The van der Waals surface area contributed by atoms with Gasteiger partial charge in [-0.15, -0.1) is 0 Å². The van der Waals surface area contributed by atoms with Crippen molar-refractivity contribution in [3.63, 3.8) is 0 Å². The molecule has 4 N–H and O–H groups in total. The van der Waals surface area contributed by atoms with E-state index < -0.39 is 8.80 Å². The van der Waals surface area contributed by atoms with E-state index in [1.165, 1.54) is 0 Å². The van der Waals surface area contributed by atoms with Gasteiger partial charge in [0.15, 0.2) is 0 Å². The van der Waals surface area contributed by atoms with Gasteiger partial charge in [0.1, 0.15) is 0 Å². The zero-order valence-electron chi connectivity index (χ0n) is 7.87. The molecule has 0 spiro atoms. The average molecular weight is 194 g/mol. The van der Waals surface area contributed by atoms with Gasteiger partial charge in [-0.3, -0.25) is 0 Å². The second-order valence-corrected chi connectivity index (χ2v) is 5.49. The fraction of sp³-hybridized carbons (Fsp3) is 1.00. The first-order valence-corrected chi connectivity index (χ1v) is 5.68. The van der Waals surface area contributed by atoms with E-state index in [4.69, 9.17) is 24.7 Å². The van der Waals surface area contributed by atoms with Gasteiger partial charge in [0.05, 0.1) is 0 Å². The third kappa shape index (κ3) is 3.17. The van der Waals surface area contributed by atoms with Crippen molar-refractivity contribution >= 4 is 8.80 Å². The Labute approximate surface area is 74.3 Å². The van der Waals surface area contributed by atoms with Crippen LogP contribution >= 0.6 is 0 Å². The number of rotatable bonds is 6. The average Bonchev–Trinajstić information content (AvgIpc) is 2.14. The van der Waals surface area contributed by atoms with Crippen molar-refractivity contribution in [3.8, 4) is 0 Å². The van der Waals surface area contributed by atoms with Crippen LogP contribution in [0.5, 0.6) is 0 Å². The van der Waals surface area contributed by atoms with Crippen LogP contribution in [-0.2, 0) is 13.3 Å². The van der Waals surface area contributed by atoms with Crippen LogP contribution < -0.4 is 11.5 Å². The summed E-state index contributed by atoms with van der Waals surface area (Å²) in [4.78, 5) is 0. The van der Waals surface area contributed by atoms with Gasteiger partial charge in [-0.25, -0.2) is 0 Å². The molecule has 0 fully saturated rings. The molecule has 0 saturated heterocycles. The van der Waals surface area contributed by atoms with E-state index in [0.717, 1.165) is 0 Å². The van der Waals surface area contributed by atoms with E-state index >= 15 is 0 Å². The van der Waals surface area contributed by atoms with Crippen molar-refractivity contribution < 1.29 is 13.3 Å². The topological polar surface area (TPSA) is 79.7 Å². The first-order valence-electron chi connectivity index (χ1n) is 3.75. The number of nitrogens with two attached hydrogens (primary N) is 2. The molecular weight excluding hydrogens is 176 g/mol. The molecule has 0 radical (unpaired) electrons. The van der Waals surface area contributed by atoms with Crippen molar-refractivity contribution in [1.29, 1.82) is 0 Å². The molecule has 0 aliphatic rings. The third-order valence-corrected chi connectivity index (χ3v) is 4.64. The van der Waals surface area contributed by atoms with Crippen LogP contribution in [-0.4, -0.2) is 42.7 Å². The van der Waals surface area contributed by atoms with Crippen LogP contribution in [0.4, 0.5) is 0 Å². The predicted molar refractivity (Wildman–Crippen MR) is 48.6 cm³/mol. The summed E-state index contributed by atoms with van der Waals surface area (Å²) in [5, 5.41) is 0. The Balaban J connectivity index is 4.09. The van der Waals surface area contributed by atoms with Gasteiger partial charge < -0.3 is 24.7 Å². The smallest absolute Gasteiger partial charge is 0.377 e. The maximum atomic E-state index is 5.66. The molecular formula is C6H18N2O3Si. The molecule has 6 heteroatoms. The summed E-state index contributed by atoms with van der Waals surface area (Å²) in [7, 11) is 2.17. The largest absolute Gasteiger partial charge is 0.501 e. The molecule has 0 aromatic carbocycles. The molecule has 1 unspecified atom stereocenters. The third-order valence-electron chi connectivity index (χ3n) is 1.75. The lowest BCUT2D eigenvalue weighted by Crippen LogP contribution is -2.49. The molecule has 0 aromatic rings. The maximum Gasteiger partial charge on any atom is 0.501 e. The SMILES string of the molecule is CO[Si](CC(N)CN)(OC)OC. The van der Waals surface area contributed by atoms with Crippen molar-refractivity contribution in [2.45, 2.75) is 12.1 Å². The standard InChI is InChI=1S/C6H18N2O3Si/c1-9-12(10-2,11-3)5-6(8)4-7/h6H,4-5,7-8H2,1-3H3. The Bertz CT molecular complexity index is 113. The van der Waals surface area contributed by atoms with E-state index in [-0.39, 0.29) is 6.04 Å². The Morgan fingerprint density at radius 3 is 1.83 bits per heavy atom. The lowest BCUT2D eigenvalue weighted by molar-refractivity contribution is 0.121. The van der Waals surface area contributed by atoms with Crippen LogP contribution in [0.2, 0.25) is 6.04 Å². The molecule has 12 heavy (non-hydrogen) atoms. The highest BCUT2D eigenvalue weighted by molar-refractivity contribution is 6.60. The lowest BCUT2D eigenvalue weighted by atomic mass is 10.4. The normalized spacial score (nSPS) is 14.8. The van der Waals surface area contributed by atoms with Crippen LogP contribution in [0.15, 0.2) is 0 Å². The quantitative estimate of drug-likeness (QED) is 0.538. The fourth-order valence-corrected chi connectivity index (χ4v) is 2.71. The van der Waals surface area contributed by atoms with Crippen molar-refractivity contribution in [2.24, 2.45) is 11.5 Å². The van der Waals surface area contributed by atoms with Crippen LogP contribution in [0, 0.1) is 0 Å². The van der Waals surface area contributed by atoms with E-state index in [1.54, 1.807) is 21.3 Å². The molecule has 5 nitrogen and oxygen atoms in total. The van der Waals surface area contributed by atoms with Gasteiger partial charge in [-0.1, -0.05) is 0 Å². The summed E-state index contributed by atoms with van der Waals surface area (Å²) in [6.07, 6.45) is 0. The number of hydrogen-bond donors (Lipinski definition) is 2. The minimum Gasteiger partial charge on any atom is -0.377 e. The lowest BCUT2D eigenvalue weighted by Gasteiger charge is -2.26. The molecule has 0 aliphatic heterocycles. The van der Waals surface area contributed by atoms with Gasteiger partial charge in [-0.2, -0.15) is 0 Å². The van der Waals surface area contributed by atoms with Gasteiger partial charge in [0, 0.05) is 40.0 Å². The minimum absolute atomic E-state index is 0.128. The second-order valence-electron chi connectivity index (χ2n) is 2.50. The van der Waals surface area contributed by atoms with Gasteiger partial charge in [-0.05, 0) is 0 Å². The summed E-state index contributed by atoms with van der Waals surface area (Å²) in [5.41, 5.74) is 11.0. The highest BCUT2D eigenvalue weighted by atomic mass is 28.4. The molecule has 0 bridgehead atoms. The molecule has 0 heterocycles. The van der Waals surface area contributed by atoms with Crippen LogP contribution in [0.3, 0.4) is 0 Å². The molecule has 0 aromatic heterocycles. The fourth-order valence-electron chi connectivity index (χ4n) is 0.904. The Morgan fingerprint density at radius 2 is 1.58 bits per heavy atom. The van der Waals surface area contributed by atoms with Crippen molar-refractivity contribution in [2.75, 3.05) is 27.9 Å². The van der Waals surface area contributed by atoms with E-state index in [2.05, 4.69) is 0 Å². The summed E-state index contributed by atoms with van der Waals surface area (Å²) in [5.74, 6) is 0. The zero-order chi connectivity index (χ0) is 9.61. The maximum absolute atomic E-state index is 5.66. The summed E-state index contributed by atoms with van der Waals surface area (Å²) in [6, 6.07) is 0.420. The molecule has 1 atom stereocenters. The summed E-state index contributed by atoms with van der Waals surface area (Å²) >= 11 is 0. The molecule has 0 rings (SSSR count). The van der Waals surface area contributed by atoms with Crippen LogP contribution in [0.1, 0.15) is 0 Å². The van der Waals surface area contributed by atoms with E-state index in [0.29, 0.717) is 12.6 Å². The van der Waals surface area contributed by atoms with Crippen molar-refractivity contribution in [3.05, 3.63) is 0 Å². The summed E-state index contributed by atoms with van der Waals surface area (Å²) < 4.78 is 15.5. The summed E-state index contributed by atoms with van der Waals surface area (Å²) in [6.45, 7) is 0.408. The Morgan fingerprint density at radius 1 is 1.17 bits per heavy atom. The highest BCUT2D eigenvalue weighted by Crippen LogP contribution is 2.13. The van der Waals surface area contributed by atoms with Crippen molar-refractivity contribution in [1.82, 2.24) is 0 Å². The van der Waals surface area contributed by atoms with E-state index in [1.807, 2.05) is 0 Å². The van der Waals surface area contributed by atoms with Gasteiger partial charge in [0.2, 0.25) is 0 Å². The molecule has 0 amide bonds. The first-order chi connectivity index (χ1) is 5.64. The molecule has 0 aliphatic carbocycles. The zero-order valence-corrected chi connectivity index (χ0v) is 8.87. The van der Waals surface area contributed by atoms with Gasteiger partial charge in [0.25, 0.3) is 0 Å². The first kappa shape index (κ1) is 12.0. The van der Waals surface area contributed by atoms with Gasteiger partial charge >= 0.3 is 8.80 Å². The molecule has 74 valence electrons. The predicted octanol–water partition coefficient (Wildman–Crippen LogP) is -0.849. The Kier molecular flexibility index (Phi) is 5.63. The number of hydrogen-bond acceptors (Lipinski definition) is 5. The second kappa shape index (κ2) is 5.63. The minimum atomic E-state index is -2.51. The molecule has 0 saturated carbocycles.